The van der Waals surface area contributed by atoms with Gasteiger partial charge in [-0.3, -0.25) is 0 Å². The highest BCUT2D eigenvalue weighted by Gasteiger charge is 2.19. The zero-order valence-corrected chi connectivity index (χ0v) is 12.6. The molecule has 2 atom stereocenters. The van der Waals surface area contributed by atoms with Crippen LogP contribution in [0.15, 0.2) is 18.2 Å². The summed E-state index contributed by atoms with van der Waals surface area (Å²) in [5.74, 6) is 0.864. The molecule has 0 saturated heterocycles. The minimum atomic E-state index is -0.466. The predicted octanol–water partition coefficient (Wildman–Crippen LogP) is 3.21. The van der Waals surface area contributed by atoms with E-state index in [4.69, 9.17) is 4.74 Å². The summed E-state index contributed by atoms with van der Waals surface area (Å²) in [6, 6.07) is 5.99. The molecule has 19 heavy (non-hydrogen) atoms. The maximum atomic E-state index is 10.5. The number of methoxy groups -OCH3 is 1. The van der Waals surface area contributed by atoms with Gasteiger partial charge in [0.1, 0.15) is 5.75 Å². The van der Waals surface area contributed by atoms with E-state index in [0.717, 1.165) is 36.3 Å². The Labute approximate surface area is 117 Å². The van der Waals surface area contributed by atoms with Crippen LogP contribution in [0.1, 0.15) is 50.3 Å². The monoisotopic (exact) mass is 265 g/mol. The van der Waals surface area contributed by atoms with E-state index >= 15 is 0 Å². The molecule has 0 aliphatic carbocycles. The quantitative estimate of drug-likeness (QED) is 0.709. The maximum Gasteiger partial charge on any atom is 0.121 e. The van der Waals surface area contributed by atoms with E-state index in [1.807, 2.05) is 25.1 Å². The van der Waals surface area contributed by atoms with Gasteiger partial charge in [0, 0.05) is 6.04 Å². The summed E-state index contributed by atoms with van der Waals surface area (Å²) in [4.78, 5) is 0. The lowest BCUT2D eigenvalue weighted by Crippen LogP contribution is -2.35. The number of ether oxygens (including phenoxy) is 1. The Bertz CT molecular complexity index is 379. The molecule has 0 spiro atoms. The van der Waals surface area contributed by atoms with Gasteiger partial charge in [-0.2, -0.15) is 0 Å². The molecule has 1 aromatic rings. The number of hydrogen-bond acceptors (Lipinski definition) is 3. The topological polar surface area (TPSA) is 41.5 Å². The molecular weight excluding hydrogens is 238 g/mol. The van der Waals surface area contributed by atoms with Crippen molar-refractivity contribution in [2.24, 2.45) is 0 Å². The molecule has 0 bridgehead atoms. The van der Waals surface area contributed by atoms with Gasteiger partial charge in [-0.05, 0) is 49.6 Å². The Balaban J connectivity index is 2.73. The fourth-order valence-electron chi connectivity index (χ4n) is 2.26. The molecule has 0 amide bonds. The second-order valence-corrected chi connectivity index (χ2v) is 5.00. The third-order valence-electron chi connectivity index (χ3n) is 3.52. The predicted molar refractivity (Wildman–Crippen MR) is 79.7 cm³/mol. The van der Waals surface area contributed by atoms with Crippen molar-refractivity contribution in [2.45, 2.75) is 52.2 Å². The van der Waals surface area contributed by atoms with E-state index < -0.39 is 6.10 Å². The second kappa shape index (κ2) is 8.18. The molecule has 2 unspecified atom stereocenters. The number of rotatable bonds is 8. The average molecular weight is 265 g/mol. The van der Waals surface area contributed by atoms with E-state index in [0.29, 0.717) is 0 Å². The lowest BCUT2D eigenvalue weighted by atomic mass is 9.98. The standard InChI is InChI=1S/C16H27NO2/c1-5-7-10-17-14(6-2)16(18)13-8-9-15(19-4)12(3)11-13/h8-9,11,14,16-18H,5-7,10H2,1-4H3. The average Bonchev–Trinajstić information content (AvgIpc) is 2.43. The number of nitrogens with one attached hydrogen (secondary N) is 1. The molecule has 3 heteroatoms. The minimum Gasteiger partial charge on any atom is -0.496 e. The van der Waals surface area contributed by atoms with Crippen molar-refractivity contribution in [3.8, 4) is 5.75 Å². The lowest BCUT2D eigenvalue weighted by molar-refractivity contribution is 0.126. The van der Waals surface area contributed by atoms with Crippen LogP contribution in [-0.2, 0) is 0 Å². The molecule has 3 nitrogen and oxygen atoms in total. The van der Waals surface area contributed by atoms with Gasteiger partial charge in [-0.1, -0.05) is 26.3 Å². The lowest BCUT2D eigenvalue weighted by Gasteiger charge is -2.24. The van der Waals surface area contributed by atoms with Gasteiger partial charge in [0.05, 0.1) is 13.2 Å². The number of unbranched alkanes of at least 4 members (excludes halogenated alkanes) is 1. The second-order valence-electron chi connectivity index (χ2n) is 5.00. The first-order chi connectivity index (χ1) is 9.13. The summed E-state index contributed by atoms with van der Waals surface area (Å²) in [6.45, 7) is 7.23. The first kappa shape index (κ1) is 16.0. The Hall–Kier alpha value is -1.06. The third-order valence-corrected chi connectivity index (χ3v) is 3.52. The van der Waals surface area contributed by atoms with Crippen LogP contribution in [0.2, 0.25) is 0 Å². The molecule has 0 saturated carbocycles. The van der Waals surface area contributed by atoms with E-state index in [1.54, 1.807) is 7.11 Å². The van der Waals surface area contributed by atoms with Crippen molar-refractivity contribution in [3.63, 3.8) is 0 Å². The van der Waals surface area contributed by atoms with Crippen LogP contribution in [0.3, 0.4) is 0 Å². The number of aryl methyl sites for hydroxylation is 1. The van der Waals surface area contributed by atoms with Crippen LogP contribution in [-0.4, -0.2) is 24.8 Å². The van der Waals surface area contributed by atoms with Gasteiger partial charge < -0.3 is 15.2 Å². The summed E-state index contributed by atoms with van der Waals surface area (Å²) in [5, 5.41) is 13.9. The van der Waals surface area contributed by atoms with Crippen molar-refractivity contribution in [3.05, 3.63) is 29.3 Å². The fraction of sp³-hybridized carbons (Fsp3) is 0.625. The summed E-state index contributed by atoms with van der Waals surface area (Å²) in [7, 11) is 1.67. The smallest absolute Gasteiger partial charge is 0.121 e. The minimum absolute atomic E-state index is 0.111. The summed E-state index contributed by atoms with van der Waals surface area (Å²) in [5.41, 5.74) is 2.01. The van der Waals surface area contributed by atoms with Crippen LogP contribution < -0.4 is 10.1 Å². The molecule has 0 heterocycles. The molecule has 0 aromatic heterocycles. The van der Waals surface area contributed by atoms with Crippen LogP contribution in [0.4, 0.5) is 0 Å². The van der Waals surface area contributed by atoms with Crippen LogP contribution in [0.5, 0.6) is 5.75 Å². The van der Waals surface area contributed by atoms with Crippen molar-refractivity contribution >= 4 is 0 Å². The summed E-state index contributed by atoms with van der Waals surface area (Å²) in [6.07, 6.45) is 2.76. The van der Waals surface area contributed by atoms with E-state index in [9.17, 15) is 5.11 Å². The van der Waals surface area contributed by atoms with Gasteiger partial charge in [0.15, 0.2) is 0 Å². The van der Waals surface area contributed by atoms with Gasteiger partial charge in [0.25, 0.3) is 0 Å². The van der Waals surface area contributed by atoms with Crippen LogP contribution in [0, 0.1) is 6.92 Å². The van der Waals surface area contributed by atoms with Gasteiger partial charge in [-0.15, -0.1) is 0 Å². The molecule has 0 aliphatic heterocycles. The Morgan fingerprint density at radius 1 is 1.32 bits per heavy atom. The van der Waals surface area contributed by atoms with Crippen molar-refractivity contribution < 1.29 is 9.84 Å². The molecule has 108 valence electrons. The molecule has 0 radical (unpaired) electrons. The molecule has 1 aromatic carbocycles. The molecule has 2 N–H and O–H groups in total. The normalized spacial score (nSPS) is 14.2. The van der Waals surface area contributed by atoms with Crippen molar-refractivity contribution in [1.29, 1.82) is 0 Å². The van der Waals surface area contributed by atoms with Crippen molar-refractivity contribution in [1.82, 2.24) is 5.32 Å². The van der Waals surface area contributed by atoms with E-state index in [2.05, 4.69) is 19.2 Å². The highest BCUT2D eigenvalue weighted by atomic mass is 16.5. The van der Waals surface area contributed by atoms with E-state index in [1.165, 1.54) is 6.42 Å². The van der Waals surface area contributed by atoms with Crippen LogP contribution >= 0.6 is 0 Å². The zero-order valence-electron chi connectivity index (χ0n) is 12.6. The fourth-order valence-corrected chi connectivity index (χ4v) is 2.26. The number of hydrogen-bond donors (Lipinski definition) is 2. The molecule has 0 aliphatic rings. The first-order valence-corrected chi connectivity index (χ1v) is 7.20. The van der Waals surface area contributed by atoms with Crippen molar-refractivity contribution in [2.75, 3.05) is 13.7 Å². The highest BCUT2D eigenvalue weighted by molar-refractivity contribution is 5.37. The zero-order chi connectivity index (χ0) is 14.3. The molecular formula is C16H27NO2. The largest absolute Gasteiger partial charge is 0.496 e. The molecule has 0 fully saturated rings. The summed E-state index contributed by atoms with van der Waals surface area (Å²) < 4.78 is 5.25. The highest BCUT2D eigenvalue weighted by Crippen LogP contribution is 2.25. The molecule has 1 rings (SSSR count). The maximum absolute atomic E-state index is 10.5. The van der Waals surface area contributed by atoms with Gasteiger partial charge in [0.2, 0.25) is 0 Å². The Kier molecular flexibility index (Phi) is 6.89. The number of aliphatic hydroxyl groups excluding tert-OH is 1. The van der Waals surface area contributed by atoms with Gasteiger partial charge in [-0.25, -0.2) is 0 Å². The first-order valence-electron chi connectivity index (χ1n) is 7.20. The number of aliphatic hydroxyl groups is 1. The Morgan fingerprint density at radius 3 is 2.58 bits per heavy atom. The SMILES string of the molecule is CCCCNC(CC)C(O)c1ccc(OC)c(C)c1. The Morgan fingerprint density at radius 2 is 2.05 bits per heavy atom. The third kappa shape index (κ3) is 4.51. The number of benzene rings is 1. The van der Waals surface area contributed by atoms with E-state index in [-0.39, 0.29) is 6.04 Å². The van der Waals surface area contributed by atoms with Gasteiger partial charge >= 0.3 is 0 Å². The summed E-state index contributed by atoms with van der Waals surface area (Å²) >= 11 is 0. The van der Waals surface area contributed by atoms with Crippen LogP contribution in [0.25, 0.3) is 0 Å².